The van der Waals surface area contributed by atoms with Crippen LogP contribution in [-0.2, 0) is 28.1 Å². The molecule has 3 aromatic heterocycles. The van der Waals surface area contributed by atoms with Crippen molar-refractivity contribution >= 4 is 49.9 Å². The Bertz CT molecular complexity index is 3480. The molecule has 0 saturated heterocycles. The number of nitrogens with zero attached hydrogens (tertiary/aromatic N) is 5. The van der Waals surface area contributed by atoms with Crippen LogP contribution in [0.1, 0.15) is 50.7 Å². The van der Waals surface area contributed by atoms with Crippen molar-refractivity contribution in [3.63, 3.8) is 0 Å². The van der Waals surface area contributed by atoms with Gasteiger partial charge in [0.15, 0.2) is 17.4 Å². The van der Waals surface area contributed by atoms with Crippen LogP contribution in [0, 0.1) is 12.1 Å². The van der Waals surface area contributed by atoms with Crippen LogP contribution in [0.25, 0.3) is 77.7 Å². The minimum Gasteiger partial charge on any atom is -0.357 e. The van der Waals surface area contributed by atoms with Gasteiger partial charge in [0.25, 0.3) is 0 Å². The van der Waals surface area contributed by atoms with Crippen molar-refractivity contribution in [3.05, 3.63) is 224 Å². The summed E-state index contributed by atoms with van der Waals surface area (Å²) in [4.78, 5) is 7.51. The molecule has 11 aromatic rings. The predicted molar refractivity (Wildman–Crippen MR) is 276 cm³/mol. The fourth-order valence-electron chi connectivity index (χ4n) is 9.86. The van der Waals surface area contributed by atoms with Crippen LogP contribution < -0.4 is 4.90 Å². The Morgan fingerprint density at radius 2 is 1.10 bits per heavy atom. The van der Waals surface area contributed by atoms with E-state index in [1.807, 2.05) is 6.20 Å². The average Bonchev–Trinajstić information content (AvgIpc) is 3.88. The van der Waals surface area contributed by atoms with E-state index in [2.05, 4.69) is 260 Å². The normalized spacial score (nSPS) is 11.5. The summed E-state index contributed by atoms with van der Waals surface area (Å²) in [5.41, 5.74) is 17.6. The molecule has 67 heavy (non-hydrogen) atoms. The number of hydrogen-bond donors (Lipinski definition) is 0. The molecule has 0 radical (unpaired) electrons. The van der Waals surface area contributed by atoms with Crippen molar-refractivity contribution in [2.45, 2.75) is 39.5 Å². The van der Waals surface area contributed by atoms with E-state index < -0.39 is 0 Å². The maximum Gasteiger partial charge on any atom is 0.188 e. The van der Waals surface area contributed by atoms with E-state index in [1.54, 1.807) is 0 Å². The maximum atomic E-state index is 5.15. The molecule has 0 atom stereocenters. The number of pyridine rings is 1. The fraction of sp³-hybridized carbons (Fsp3) is 0.115. The standard InChI is InChI=1S/C61H50N5.Pt/c1-41(2)49-26-17-27-50(42(3)4)60(49)45-35-36-62-59(37-45)66-55-30-13-12-25-53(55)54-34-33-48(39-58(54)66)65(47-24-16-23-46(38-47)64-40-63(5)56-31-14-15-32-57(56)64)61-51(43-19-8-6-9-20-43)28-18-29-52(61)44-21-10-7-11-22-44;/h6-37,40-42H,1-5H3;/q-1;. The van der Waals surface area contributed by atoms with Gasteiger partial charge in [0.2, 0.25) is 0 Å². The number of fused-ring (bicyclic) bond motifs is 4. The smallest absolute Gasteiger partial charge is 0.188 e. The molecule has 5 nitrogen and oxygen atoms in total. The number of imidazole rings is 1. The zero-order valence-electron chi connectivity index (χ0n) is 38.3. The second-order valence-electron chi connectivity index (χ2n) is 17.8. The number of rotatable bonds is 10. The molecule has 6 heteroatoms. The first-order valence-electron chi connectivity index (χ1n) is 22.9. The Morgan fingerprint density at radius 3 is 1.78 bits per heavy atom. The van der Waals surface area contributed by atoms with E-state index in [4.69, 9.17) is 4.98 Å². The summed E-state index contributed by atoms with van der Waals surface area (Å²) in [6.07, 6.45) is 4.11. The van der Waals surface area contributed by atoms with Crippen molar-refractivity contribution in [1.29, 1.82) is 0 Å². The van der Waals surface area contributed by atoms with Gasteiger partial charge in [0.05, 0.1) is 5.69 Å². The van der Waals surface area contributed by atoms with Crippen molar-refractivity contribution in [2.24, 2.45) is 7.05 Å². The second kappa shape index (κ2) is 18.2. The molecule has 0 amide bonds. The molecule has 8 aromatic carbocycles. The monoisotopic (exact) mass is 1050 g/mol. The molecule has 0 spiro atoms. The zero-order valence-corrected chi connectivity index (χ0v) is 40.5. The van der Waals surface area contributed by atoms with E-state index in [1.165, 1.54) is 22.3 Å². The molecule has 0 N–H and O–H groups in total. The summed E-state index contributed by atoms with van der Waals surface area (Å²) >= 11 is 0. The Labute approximate surface area is 407 Å². The Balaban J connectivity index is 0.00000525. The first-order valence-corrected chi connectivity index (χ1v) is 22.9. The minimum absolute atomic E-state index is 0. The quantitative estimate of drug-likeness (QED) is 0.128. The van der Waals surface area contributed by atoms with Crippen LogP contribution >= 0.6 is 0 Å². The van der Waals surface area contributed by atoms with Gasteiger partial charge in [0.1, 0.15) is 5.82 Å². The van der Waals surface area contributed by atoms with Gasteiger partial charge in [-0.3, -0.25) is 0 Å². The van der Waals surface area contributed by atoms with Crippen molar-refractivity contribution in [1.82, 2.24) is 18.7 Å². The van der Waals surface area contributed by atoms with E-state index >= 15 is 0 Å². The Hall–Kier alpha value is -7.33. The van der Waals surface area contributed by atoms with Crippen LogP contribution in [-0.4, -0.2) is 18.7 Å². The molecule has 11 rings (SSSR count). The first-order chi connectivity index (χ1) is 32.3. The minimum atomic E-state index is 0. The summed E-state index contributed by atoms with van der Waals surface area (Å²) in [5.74, 6) is 1.57. The largest absolute Gasteiger partial charge is 0.357 e. The van der Waals surface area contributed by atoms with Gasteiger partial charge in [-0.2, -0.15) is 12.1 Å². The van der Waals surface area contributed by atoms with Gasteiger partial charge in [-0.1, -0.05) is 166 Å². The molecule has 3 heterocycles. The third-order valence-corrected chi connectivity index (χ3v) is 12.9. The molecule has 0 saturated carbocycles. The topological polar surface area (TPSA) is 30.9 Å². The molecule has 0 unspecified atom stereocenters. The SMILES string of the molecule is CC(C)c1cccc(C(C)C)c1-c1ccnc(-n2c3[c-]c(N(c4[c-]c(-n5[cH+]n(C)c6ccccc65)ccc4)c4c(-c5ccccc5)cccc4-c4ccccc4)ccc3c3ccccc32)c1.[Pt]. The Morgan fingerprint density at radius 1 is 0.522 bits per heavy atom. The predicted octanol–water partition coefficient (Wildman–Crippen LogP) is 16.1. The molecular weight excluding hydrogens is 998 g/mol. The molecule has 0 aliphatic carbocycles. The average molecular weight is 1050 g/mol. The zero-order chi connectivity index (χ0) is 44.9. The number of para-hydroxylation sites is 4. The summed E-state index contributed by atoms with van der Waals surface area (Å²) in [6, 6.07) is 75.4. The van der Waals surface area contributed by atoms with E-state index in [-0.39, 0.29) is 21.1 Å². The third-order valence-electron chi connectivity index (χ3n) is 12.9. The number of benzene rings is 8. The second-order valence-corrected chi connectivity index (χ2v) is 17.8. The van der Waals surface area contributed by atoms with Crippen LogP contribution in [0.15, 0.2) is 201 Å². The van der Waals surface area contributed by atoms with Crippen molar-refractivity contribution < 1.29 is 21.1 Å². The van der Waals surface area contributed by atoms with E-state index in [0.29, 0.717) is 11.8 Å². The van der Waals surface area contributed by atoms with Gasteiger partial charge < -0.3 is 9.47 Å². The summed E-state index contributed by atoms with van der Waals surface area (Å²) in [5, 5.41) is 2.26. The van der Waals surface area contributed by atoms with E-state index in [0.717, 1.165) is 83.7 Å². The van der Waals surface area contributed by atoms with Crippen LogP contribution in [0.2, 0.25) is 0 Å². The number of aromatic nitrogens is 4. The fourth-order valence-corrected chi connectivity index (χ4v) is 9.86. The Kier molecular flexibility index (Phi) is 11.8. The number of anilines is 3. The molecule has 0 fully saturated rings. The summed E-state index contributed by atoms with van der Waals surface area (Å²) in [7, 11) is 2.09. The third kappa shape index (κ3) is 7.77. The number of aryl methyl sites for hydroxylation is 1. The molecule has 330 valence electrons. The molecule has 0 aliphatic rings. The summed E-state index contributed by atoms with van der Waals surface area (Å²) < 4.78 is 6.69. The van der Waals surface area contributed by atoms with Gasteiger partial charge in [-0.05, 0) is 80.9 Å². The molecule has 0 aliphatic heterocycles. The van der Waals surface area contributed by atoms with Crippen molar-refractivity contribution in [3.8, 4) is 44.9 Å². The van der Waals surface area contributed by atoms with Crippen molar-refractivity contribution in [2.75, 3.05) is 4.90 Å². The van der Waals surface area contributed by atoms with Crippen LogP contribution in [0.3, 0.4) is 0 Å². The van der Waals surface area contributed by atoms with Gasteiger partial charge in [-0.15, -0.1) is 29.7 Å². The van der Waals surface area contributed by atoms with Gasteiger partial charge in [-0.25, -0.2) is 14.1 Å². The van der Waals surface area contributed by atoms with Gasteiger partial charge >= 0.3 is 0 Å². The van der Waals surface area contributed by atoms with Crippen LogP contribution in [0.4, 0.5) is 17.1 Å². The summed E-state index contributed by atoms with van der Waals surface area (Å²) in [6.45, 7) is 9.14. The van der Waals surface area contributed by atoms with E-state index in [9.17, 15) is 0 Å². The maximum absolute atomic E-state index is 5.15. The van der Waals surface area contributed by atoms with Crippen LogP contribution in [0.5, 0.6) is 0 Å². The molecule has 0 bridgehead atoms. The number of hydrogen-bond acceptors (Lipinski definition) is 2. The molecular formula is C61H50N5Pt-. The van der Waals surface area contributed by atoms with Gasteiger partial charge in [0, 0.05) is 68.8 Å². The first kappa shape index (κ1) is 43.6.